The lowest BCUT2D eigenvalue weighted by Crippen LogP contribution is -2.09. The van der Waals surface area contributed by atoms with Gasteiger partial charge in [-0.2, -0.15) is 0 Å². The normalized spacial score (nSPS) is 9.79. The van der Waals surface area contributed by atoms with E-state index >= 15 is 0 Å². The van der Waals surface area contributed by atoms with E-state index in [0.717, 1.165) is 13.0 Å². The van der Waals surface area contributed by atoms with Gasteiger partial charge in [-0.05, 0) is 18.6 Å². The number of nitrogen functional groups attached to an aromatic ring is 1. The maximum Gasteiger partial charge on any atom is 0.354 e. The van der Waals surface area contributed by atoms with Crippen molar-refractivity contribution in [3.8, 4) is 0 Å². The average molecular weight is 195 g/mol. The summed E-state index contributed by atoms with van der Waals surface area (Å²) in [5.41, 5.74) is 6.07. The fourth-order valence-electron chi connectivity index (χ4n) is 0.974. The number of hydrogen-bond donors (Lipinski definition) is 3. The maximum atomic E-state index is 10.6. The average Bonchev–Trinajstić information content (AvgIpc) is 2.16. The minimum Gasteiger partial charge on any atom is -0.477 e. The lowest BCUT2D eigenvalue weighted by atomic mass is 10.3. The Bertz CT molecular complexity index is 339. The molecule has 0 spiro atoms. The number of aromatic nitrogens is 1. The van der Waals surface area contributed by atoms with Crippen LogP contribution in [-0.4, -0.2) is 22.6 Å². The summed E-state index contributed by atoms with van der Waals surface area (Å²) in [4.78, 5) is 14.5. The van der Waals surface area contributed by atoms with E-state index in [2.05, 4.69) is 10.3 Å². The zero-order chi connectivity index (χ0) is 10.6. The highest BCUT2D eigenvalue weighted by Crippen LogP contribution is 2.15. The fourth-order valence-corrected chi connectivity index (χ4v) is 0.974. The van der Waals surface area contributed by atoms with Crippen LogP contribution in [0.25, 0.3) is 0 Å². The summed E-state index contributed by atoms with van der Waals surface area (Å²) in [7, 11) is 0. The molecule has 0 aromatic carbocycles. The first-order chi connectivity index (χ1) is 6.65. The second-order valence-electron chi connectivity index (χ2n) is 2.87. The van der Waals surface area contributed by atoms with Gasteiger partial charge in [-0.25, -0.2) is 9.78 Å². The molecule has 0 aliphatic rings. The van der Waals surface area contributed by atoms with Crippen molar-refractivity contribution in [2.75, 3.05) is 17.6 Å². The molecule has 0 radical (unpaired) electrons. The van der Waals surface area contributed by atoms with Gasteiger partial charge in [0.05, 0.1) is 5.69 Å². The maximum absolute atomic E-state index is 10.6. The molecule has 76 valence electrons. The standard InChI is InChI=1S/C9H13N3O2/c1-2-5-11-8-6(10)3-4-7(12-8)9(13)14/h3-4H,2,5,10H2,1H3,(H,11,12)(H,13,14). The first kappa shape index (κ1) is 10.3. The molecule has 0 aliphatic heterocycles. The first-order valence-corrected chi connectivity index (χ1v) is 4.38. The van der Waals surface area contributed by atoms with E-state index in [9.17, 15) is 4.79 Å². The predicted molar refractivity (Wildman–Crippen MR) is 54.4 cm³/mol. The molecule has 1 rings (SSSR count). The Morgan fingerprint density at radius 3 is 2.93 bits per heavy atom. The highest BCUT2D eigenvalue weighted by Gasteiger charge is 2.07. The first-order valence-electron chi connectivity index (χ1n) is 4.38. The molecule has 5 heteroatoms. The van der Waals surface area contributed by atoms with E-state index in [0.29, 0.717) is 11.5 Å². The molecule has 14 heavy (non-hydrogen) atoms. The van der Waals surface area contributed by atoms with Gasteiger partial charge < -0.3 is 16.2 Å². The third-order valence-electron chi connectivity index (χ3n) is 1.69. The molecule has 0 unspecified atom stereocenters. The number of nitrogens with one attached hydrogen (secondary N) is 1. The number of nitrogens with zero attached hydrogens (tertiary/aromatic N) is 1. The van der Waals surface area contributed by atoms with Gasteiger partial charge in [0, 0.05) is 6.54 Å². The van der Waals surface area contributed by atoms with Crippen LogP contribution >= 0.6 is 0 Å². The van der Waals surface area contributed by atoms with Crippen molar-refractivity contribution in [1.82, 2.24) is 4.98 Å². The molecule has 0 fully saturated rings. The Hall–Kier alpha value is -1.78. The van der Waals surface area contributed by atoms with Crippen LogP contribution in [0.3, 0.4) is 0 Å². The Labute approximate surface area is 82.0 Å². The third-order valence-corrected chi connectivity index (χ3v) is 1.69. The SMILES string of the molecule is CCCNc1nc(C(=O)O)ccc1N. The van der Waals surface area contributed by atoms with Crippen LogP contribution in [0.2, 0.25) is 0 Å². The summed E-state index contributed by atoms with van der Waals surface area (Å²) in [6.07, 6.45) is 0.929. The van der Waals surface area contributed by atoms with Crippen molar-refractivity contribution in [2.45, 2.75) is 13.3 Å². The number of nitrogens with two attached hydrogens (primary N) is 1. The van der Waals surface area contributed by atoms with Crippen LogP contribution in [0, 0.1) is 0 Å². The second-order valence-corrected chi connectivity index (χ2v) is 2.87. The highest BCUT2D eigenvalue weighted by atomic mass is 16.4. The smallest absolute Gasteiger partial charge is 0.354 e. The van der Waals surface area contributed by atoms with E-state index in [1.807, 2.05) is 6.92 Å². The van der Waals surface area contributed by atoms with E-state index in [1.54, 1.807) is 0 Å². The third kappa shape index (κ3) is 2.35. The van der Waals surface area contributed by atoms with Crippen LogP contribution in [0.5, 0.6) is 0 Å². The zero-order valence-electron chi connectivity index (χ0n) is 7.95. The van der Waals surface area contributed by atoms with Gasteiger partial charge >= 0.3 is 5.97 Å². The van der Waals surface area contributed by atoms with Crippen molar-refractivity contribution < 1.29 is 9.90 Å². The lowest BCUT2D eigenvalue weighted by Gasteiger charge is -2.07. The summed E-state index contributed by atoms with van der Waals surface area (Å²) in [6, 6.07) is 2.92. The molecule has 0 aliphatic carbocycles. The van der Waals surface area contributed by atoms with E-state index in [1.165, 1.54) is 12.1 Å². The molecular formula is C9H13N3O2. The predicted octanol–water partition coefficient (Wildman–Crippen LogP) is 1.18. The minimum absolute atomic E-state index is 0.00203. The number of carboxylic acids is 1. The Balaban J connectivity index is 2.90. The number of hydrogen-bond acceptors (Lipinski definition) is 4. The van der Waals surface area contributed by atoms with Crippen LogP contribution in [0.4, 0.5) is 11.5 Å². The summed E-state index contributed by atoms with van der Waals surface area (Å²) in [5.74, 6) is -0.615. The summed E-state index contributed by atoms with van der Waals surface area (Å²) in [6.45, 7) is 2.73. The lowest BCUT2D eigenvalue weighted by molar-refractivity contribution is 0.0690. The van der Waals surface area contributed by atoms with Gasteiger partial charge in [-0.15, -0.1) is 0 Å². The second kappa shape index (κ2) is 4.45. The largest absolute Gasteiger partial charge is 0.477 e. The molecule has 0 saturated carbocycles. The monoisotopic (exact) mass is 195 g/mol. The highest BCUT2D eigenvalue weighted by molar-refractivity contribution is 5.86. The molecule has 5 nitrogen and oxygen atoms in total. The number of carboxylic acid groups (broad SMARTS) is 1. The van der Waals surface area contributed by atoms with Gasteiger partial charge in [0.1, 0.15) is 5.82 Å². The summed E-state index contributed by atoms with van der Waals surface area (Å²) in [5, 5.41) is 11.7. The molecule has 1 aromatic heterocycles. The van der Waals surface area contributed by atoms with Crippen LogP contribution in [0.15, 0.2) is 12.1 Å². The van der Waals surface area contributed by atoms with Crippen molar-refractivity contribution in [1.29, 1.82) is 0 Å². The number of carbonyl (C=O) groups is 1. The van der Waals surface area contributed by atoms with E-state index in [4.69, 9.17) is 10.8 Å². The minimum atomic E-state index is -1.05. The van der Waals surface area contributed by atoms with Crippen LogP contribution in [0.1, 0.15) is 23.8 Å². The van der Waals surface area contributed by atoms with E-state index in [-0.39, 0.29) is 5.69 Å². The summed E-state index contributed by atoms with van der Waals surface area (Å²) >= 11 is 0. The molecule has 1 aromatic rings. The quantitative estimate of drug-likeness (QED) is 0.671. The summed E-state index contributed by atoms with van der Waals surface area (Å²) < 4.78 is 0. The molecule has 1 heterocycles. The van der Waals surface area contributed by atoms with Gasteiger partial charge in [-0.1, -0.05) is 6.92 Å². The molecule has 4 N–H and O–H groups in total. The molecule has 0 bridgehead atoms. The number of anilines is 2. The Kier molecular flexibility index (Phi) is 3.28. The Morgan fingerprint density at radius 1 is 1.64 bits per heavy atom. The van der Waals surface area contributed by atoms with Crippen molar-refractivity contribution in [3.63, 3.8) is 0 Å². The van der Waals surface area contributed by atoms with Crippen molar-refractivity contribution >= 4 is 17.5 Å². The van der Waals surface area contributed by atoms with Crippen molar-refractivity contribution in [2.24, 2.45) is 0 Å². The van der Waals surface area contributed by atoms with Gasteiger partial charge in [0.15, 0.2) is 5.69 Å². The molecular weight excluding hydrogens is 182 g/mol. The van der Waals surface area contributed by atoms with E-state index < -0.39 is 5.97 Å². The van der Waals surface area contributed by atoms with Crippen LogP contribution in [-0.2, 0) is 0 Å². The molecule has 0 saturated heterocycles. The van der Waals surface area contributed by atoms with Gasteiger partial charge in [0.2, 0.25) is 0 Å². The number of pyridine rings is 1. The van der Waals surface area contributed by atoms with Gasteiger partial charge in [-0.3, -0.25) is 0 Å². The topological polar surface area (TPSA) is 88.2 Å². The zero-order valence-corrected chi connectivity index (χ0v) is 7.95. The Morgan fingerprint density at radius 2 is 2.36 bits per heavy atom. The van der Waals surface area contributed by atoms with Crippen LogP contribution < -0.4 is 11.1 Å². The van der Waals surface area contributed by atoms with Gasteiger partial charge in [0.25, 0.3) is 0 Å². The number of aromatic carboxylic acids is 1. The molecule has 0 amide bonds. The number of rotatable bonds is 4. The van der Waals surface area contributed by atoms with Crippen molar-refractivity contribution in [3.05, 3.63) is 17.8 Å². The molecule has 0 atom stereocenters. The fraction of sp³-hybridized carbons (Fsp3) is 0.333.